The lowest BCUT2D eigenvalue weighted by Crippen LogP contribution is -2.32. The van der Waals surface area contributed by atoms with Crippen molar-refractivity contribution in [3.8, 4) is 11.8 Å². The maximum absolute atomic E-state index is 5.38. The van der Waals surface area contributed by atoms with Crippen LogP contribution in [0.1, 0.15) is 16.3 Å². The third-order valence-electron chi connectivity index (χ3n) is 3.19. The zero-order chi connectivity index (χ0) is 13.1. The number of imidazole rings is 1. The standard InChI is InChI=1S/C14H16N4S/c15-3-1-2-12-8-13(19-11-12)9-17-6-7-18-5-4-16-14(18)10-17/h4-5,8,11H,3,6-7,9-10,15H2. The van der Waals surface area contributed by atoms with Crippen molar-refractivity contribution >= 4 is 11.3 Å². The van der Waals surface area contributed by atoms with E-state index in [0.717, 1.165) is 37.6 Å². The molecule has 0 amide bonds. The first-order valence-corrected chi connectivity index (χ1v) is 7.22. The molecular weight excluding hydrogens is 256 g/mol. The van der Waals surface area contributed by atoms with Crippen molar-refractivity contribution in [2.45, 2.75) is 19.6 Å². The Labute approximate surface area is 116 Å². The van der Waals surface area contributed by atoms with Crippen molar-refractivity contribution in [2.75, 3.05) is 13.1 Å². The molecule has 0 aliphatic carbocycles. The van der Waals surface area contributed by atoms with Crippen LogP contribution < -0.4 is 5.73 Å². The first kappa shape index (κ1) is 12.4. The Morgan fingerprint density at radius 3 is 3.26 bits per heavy atom. The fourth-order valence-corrected chi connectivity index (χ4v) is 3.12. The van der Waals surface area contributed by atoms with Gasteiger partial charge in [0.05, 0.1) is 13.1 Å². The molecule has 0 spiro atoms. The quantitative estimate of drug-likeness (QED) is 0.838. The number of thiophene rings is 1. The molecule has 1 aliphatic rings. The molecule has 0 radical (unpaired) electrons. The molecule has 2 aromatic rings. The van der Waals surface area contributed by atoms with Crippen LogP contribution >= 0.6 is 11.3 Å². The highest BCUT2D eigenvalue weighted by Crippen LogP contribution is 2.19. The lowest BCUT2D eigenvalue weighted by atomic mass is 10.3. The van der Waals surface area contributed by atoms with Gasteiger partial charge in [0.2, 0.25) is 0 Å². The van der Waals surface area contributed by atoms with E-state index in [9.17, 15) is 0 Å². The fraction of sp³-hybridized carbons (Fsp3) is 0.357. The van der Waals surface area contributed by atoms with Gasteiger partial charge in [0.25, 0.3) is 0 Å². The van der Waals surface area contributed by atoms with E-state index in [1.165, 1.54) is 4.88 Å². The third-order valence-corrected chi connectivity index (χ3v) is 4.11. The van der Waals surface area contributed by atoms with Crippen LogP contribution in [0.25, 0.3) is 0 Å². The largest absolute Gasteiger partial charge is 0.333 e. The van der Waals surface area contributed by atoms with Crippen molar-refractivity contribution in [1.82, 2.24) is 14.5 Å². The number of hydrogen-bond acceptors (Lipinski definition) is 4. The van der Waals surface area contributed by atoms with Gasteiger partial charge in [0, 0.05) is 47.8 Å². The number of aromatic nitrogens is 2. The molecule has 3 heterocycles. The lowest BCUT2D eigenvalue weighted by molar-refractivity contribution is 0.210. The summed E-state index contributed by atoms with van der Waals surface area (Å²) in [6.45, 7) is 4.42. The highest BCUT2D eigenvalue weighted by atomic mass is 32.1. The summed E-state index contributed by atoms with van der Waals surface area (Å²) in [6.07, 6.45) is 3.93. The Hall–Kier alpha value is -1.61. The van der Waals surface area contributed by atoms with E-state index in [1.54, 1.807) is 11.3 Å². The van der Waals surface area contributed by atoms with Crippen LogP contribution in [0.4, 0.5) is 0 Å². The topological polar surface area (TPSA) is 47.1 Å². The Kier molecular flexibility index (Phi) is 3.65. The van der Waals surface area contributed by atoms with Gasteiger partial charge in [-0.05, 0) is 6.07 Å². The van der Waals surface area contributed by atoms with Crippen LogP contribution in [-0.4, -0.2) is 27.5 Å². The molecule has 3 rings (SSSR count). The maximum Gasteiger partial charge on any atom is 0.122 e. The number of rotatable bonds is 2. The van der Waals surface area contributed by atoms with Gasteiger partial charge in [-0.25, -0.2) is 4.98 Å². The van der Waals surface area contributed by atoms with E-state index >= 15 is 0 Å². The predicted molar refractivity (Wildman–Crippen MR) is 76.6 cm³/mol. The van der Waals surface area contributed by atoms with Gasteiger partial charge in [0.15, 0.2) is 0 Å². The smallest absolute Gasteiger partial charge is 0.122 e. The highest BCUT2D eigenvalue weighted by molar-refractivity contribution is 7.10. The molecule has 5 heteroatoms. The monoisotopic (exact) mass is 272 g/mol. The molecule has 0 atom stereocenters. The zero-order valence-corrected chi connectivity index (χ0v) is 11.5. The van der Waals surface area contributed by atoms with E-state index in [2.05, 4.69) is 43.9 Å². The third kappa shape index (κ3) is 2.87. The molecule has 2 N–H and O–H groups in total. The molecule has 4 nitrogen and oxygen atoms in total. The first-order chi connectivity index (χ1) is 9.35. The summed E-state index contributed by atoms with van der Waals surface area (Å²) in [5.41, 5.74) is 6.45. The van der Waals surface area contributed by atoms with Gasteiger partial charge in [-0.3, -0.25) is 4.90 Å². The number of nitrogens with zero attached hydrogens (tertiary/aromatic N) is 3. The molecule has 2 aromatic heterocycles. The SMILES string of the molecule is NCC#Cc1csc(CN2CCn3ccnc3C2)c1. The van der Waals surface area contributed by atoms with E-state index in [1.807, 2.05) is 6.20 Å². The Morgan fingerprint density at radius 2 is 2.37 bits per heavy atom. The predicted octanol–water partition coefficient (Wildman–Crippen LogP) is 1.27. The highest BCUT2D eigenvalue weighted by Gasteiger charge is 2.16. The van der Waals surface area contributed by atoms with Crippen LogP contribution in [0, 0.1) is 11.8 Å². The van der Waals surface area contributed by atoms with E-state index in [4.69, 9.17) is 5.73 Å². The van der Waals surface area contributed by atoms with Gasteiger partial charge in [-0.15, -0.1) is 11.3 Å². The number of fused-ring (bicyclic) bond motifs is 1. The van der Waals surface area contributed by atoms with E-state index in [0.29, 0.717) is 6.54 Å². The van der Waals surface area contributed by atoms with Crippen LogP contribution in [0.5, 0.6) is 0 Å². The van der Waals surface area contributed by atoms with Crippen molar-refractivity contribution in [3.63, 3.8) is 0 Å². The van der Waals surface area contributed by atoms with Crippen molar-refractivity contribution < 1.29 is 0 Å². The van der Waals surface area contributed by atoms with Gasteiger partial charge in [0.1, 0.15) is 5.82 Å². The van der Waals surface area contributed by atoms with Crippen LogP contribution in [-0.2, 0) is 19.6 Å². The minimum atomic E-state index is 0.417. The Balaban J connectivity index is 1.65. The molecule has 0 aromatic carbocycles. The first-order valence-electron chi connectivity index (χ1n) is 6.34. The minimum Gasteiger partial charge on any atom is -0.333 e. The molecule has 1 aliphatic heterocycles. The minimum absolute atomic E-state index is 0.417. The Morgan fingerprint density at radius 1 is 1.42 bits per heavy atom. The molecule has 0 fully saturated rings. The molecule has 98 valence electrons. The van der Waals surface area contributed by atoms with Gasteiger partial charge >= 0.3 is 0 Å². The molecule has 0 bridgehead atoms. The van der Waals surface area contributed by atoms with Gasteiger partial charge in [-0.1, -0.05) is 11.8 Å². The second-order valence-electron chi connectivity index (χ2n) is 4.56. The molecule has 0 saturated carbocycles. The van der Waals surface area contributed by atoms with Crippen LogP contribution in [0.15, 0.2) is 23.8 Å². The van der Waals surface area contributed by atoms with E-state index in [-0.39, 0.29) is 0 Å². The average Bonchev–Trinajstić information content (AvgIpc) is 3.05. The summed E-state index contributed by atoms with van der Waals surface area (Å²) in [7, 11) is 0. The zero-order valence-electron chi connectivity index (χ0n) is 10.7. The number of nitrogens with two attached hydrogens (primary N) is 1. The van der Waals surface area contributed by atoms with Crippen LogP contribution in [0.2, 0.25) is 0 Å². The van der Waals surface area contributed by atoms with Gasteiger partial charge < -0.3 is 10.3 Å². The summed E-state index contributed by atoms with van der Waals surface area (Å²) in [5.74, 6) is 7.12. The van der Waals surface area contributed by atoms with E-state index < -0.39 is 0 Å². The maximum atomic E-state index is 5.38. The fourth-order valence-electron chi connectivity index (χ4n) is 2.26. The average molecular weight is 272 g/mol. The van der Waals surface area contributed by atoms with Crippen molar-refractivity contribution in [1.29, 1.82) is 0 Å². The summed E-state index contributed by atoms with van der Waals surface area (Å²) in [4.78, 5) is 8.16. The molecule has 0 unspecified atom stereocenters. The molecule has 0 saturated heterocycles. The molecular formula is C14H16N4S. The molecule has 19 heavy (non-hydrogen) atoms. The summed E-state index contributed by atoms with van der Waals surface area (Å²) in [5, 5.41) is 2.10. The number of hydrogen-bond donors (Lipinski definition) is 1. The van der Waals surface area contributed by atoms with Crippen molar-refractivity contribution in [2.24, 2.45) is 5.73 Å². The lowest BCUT2D eigenvalue weighted by Gasteiger charge is -2.26. The van der Waals surface area contributed by atoms with Crippen molar-refractivity contribution in [3.05, 3.63) is 40.1 Å². The normalized spacial score (nSPS) is 14.8. The Bertz CT molecular complexity index is 617. The second-order valence-corrected chi connectivity index (χ2v) is 5.55. The van der Waals surface area contributed by atoms with Crippen LogP contribution in [0.3, 0.4) is 0 Å². The second kappa shape index (κ2) is 5.57. The summed E-state index contributed by atoms with van der Waals surface area (Å²) in [6, 6.07) is 2.16. The summed E-state index contributed by atoms with van der Waals surface area (Å²) >= 11 is 1.76. The van der Waals surface area contributed by atoms with Gasteiger partial charge in [-0.2, -0.15) is 0 Å². The summed E-state index contributed by atoms with van der Waals surface area (Å²) < 4.78 is 2.23.